The van der Waals surface area contributed by atoms with E-state index in [2.05, 4.69) is 21.3 Å². The van der Waals surface area contributed by atoms with Gasteiger partial charge in [-0.2, -0.15) is 16.8 Å². The van der Waals surface area contributed by atoms with E-state index in [0.29, 0.717) is 44.0 Å². The molecule has 15 nitrogen and oxygen atoms in total. The zero-order valence-corrected chi connectivity index (χ0v) is 29.8. The smallest absolute Gasteiger partial charge is 0.323 e. The summed E-state index contributed by atoms with van der Waals surface area (Å²) in [7, 11) is -8.89. The van der Waals surface area contributed by atoms with E-state index in [0.717, 1.165) is 0 Å². The molecule has 0 aliphatic heterocycles. The van der Waals surface area contributed by atoms with Crippen molar-refractivity contribution in [2.45, 2.75) is 23.6 Å². The first kappa shape index (κ1) is 37.2. The van der Waals surface area contributed by atoms with Gasteiger partial charge in [0.25, 0.3) is 32.1 Å². The van der Waals surface area contributed by atoms with Crippen LogP contribution in [0.2, 0.25) is 0 Å². The van der Waals surface area contributed by atoms with Crippen molar-refractivity contribution in [2.24, 2.45) is 0 Å². The zero-order valence-electron chi connectivity index (χ0n) is 28.2. The molecule has 8 N–H and O–H groups in total. The van der Waals surface area contributed by atoms with Crippen LogP contribution in [0.15, 0.2) is 107 Å². The van der Waals surface area contributed by atoms with E-state index in [1.165, 1.54) is 97.1 Å². The van der Waals surface area contributed by atoms with Gasteiger partial charge < -0.3 is 31.5 Å². The lowest BCUT2D eigenvalue weighted by atomic mass is 10.1. The lowest BCUT2D eigenvalue weighted by molar-refractivity contribution is 0.101. The van der Waals surface area contributed by atoms with Crippen LogP contribution in [0.4, 0.5) is 27.5 Å². The molecular formula is C37H30N4O11S2. The molecule has 17 heteroatoms. The van der Waals surface area contributed by atoms with Gasteiger partial charge in [0.05, 0.1) is 21.2 Å². The monoisotopic (exact) mass is 770 g/mol. The highest BCUT2D eigenvalue weighted by molar-refractivity contribution is 7.86. The largest absolute Gasteiger partial charge is 0.506 e. The third-order valence-corrected chi connectivity index (χ3v) is 10.1. The molecule has 276 valence electrons. The number of anilines is 4. The number of carbonyl (C=O) groups is 3. The molecule has 6 aromatic rings. The fourth-order valence-electron chi connectivity index (χ4n) is 5.60. The molecule has 0 bridgehead atoms. The Labute approximate surface area is 307 Å². The quantitative estimate of drug-likeness (QED) is 0.0600. The number of rotatable bonds is 8. The lowest BCUT2D eigenvalue weighted by Gasteiger charge is -2.14. The first-order valence-corrected chi connectivity index (χ1v) is 18.6. The number of carbonyl (C=O) groups excluding carboxylic acids is 3. The van der Waals surface area contributed by atoms with Gasteiger partial charge in [0.1, 0.15) is 11.5 Å². The van der Waals surface area contributed by atoms with Crippen molar-refractivity contribution in [1.82, 2.24) is 0 Å². The third kappa shape index (κ3) is 8.08. The van der Waals surface area contributed by atoms with Crippen molar-refractivity contribution in [3.63, 3.8) is 0 Å². The number of fused-ring (bicyclic) bond motifs is 2. The predicted octanol–water partition coefficient (Wildman–Crippen LogP) is 6.66. The number of benzene rings is 6. The average molecular weight is 771 g/mol. The zero-order chi connectivity index (χ0) is 39.1. The molecule has 0 saturated carbocycles. The first-order chi connectivity index (χ1) is 25.3. The summed E-state index contributed by atoms with van der Waals surface area (Å²) in [6, 6.07) is 21.5. The minimum Gasteiger partial charge on any atom is -0.506 e. The van der Waals surface area contributed by atoms with Crippen LogP contribution < -0.4 is 21.3 Å². The van der Waals surface area contributed by atoms with Crippen LogP contribution in [0.5, 0.6) is 11.5 Å². The Morgan fingerprint density at radius 2 is 0.852 bits per heavy atom. The molecule has 0 spiro atoms. The molecule has 54 heavy (non-hydrogen) atoms. The minimum atomic E-state index is -4.45. The highest BCUT2D eigenvalue weighted by Gasteiger charge is 2.17. The number of aromatic hydroxyl groups is 2. The van der Waals surface area contributed by atoms with Gasteiger partial charge in [-0.05, 0) is 131 Å². The number of phenolic OH excluding ortho intramolecular Hbond substituents is 2. The van der Waals surface area contributed by atoms with Gasteiger partial charge in [-0.3, -0.25) is 18.7 Å². The fourth-order valence-corrected chi connectivity index (χ4v) is 6.64. The molecule has 0 unspecified atom stereocenters. The summed E-state index contributed by atoms with van der Waals surface area (Å²) >= 11 is 0. The van der Waals surface area contributed by atoms with Crippen LogP contribution >= 0.6 is 0 Å². The molecule has 0 aromatic heterocycles. The van der Waals surface area contributed by atoms with Gasteiger partial charge in [-0.25, -0.2) is 4.79 Å². The van der Waals surface area contributed by atoms with Crippen LogP contribution in [0.1, 0.15) is 31.8 Å². The molecule has 0 heterocycles. The number of nitrogens with one attached hydrogen (secondary N) is 4. The SMILES string of the molecule is Cc1cc(C(=O)Nc2cc3ccc(S(=O)(=O)O)cc3cc2O)ccc1NC(=O)Nc1ccc(C(=O)Nc2cc3ccc(S(=O)(=O)O)cc3cc2O)cc1C. The highest BCUT2D eigenvalue weighted by atomic mass is 32.2. The lowest BCUT2D eigenvalue weighted by Crippen LogP contribution is -2.21. The van der Waals surface area contributed by atoms with Crippen molar-refractivity contribution in [3.8, 4) is 11.5 Å². The Balaban J connectivity index is 1.08. The van der Waals surface area contributed by atoms with Crippen molar-refractivity contribution >= 4 is 82.4 Å². The van der Waals surface area contributed by atoms with Crippen molar-refractivity contribution < 1.29 is 50.5 Å². The van der Waals surface area contributed by atoms with Gasteiger partial charge in [0.2, 0.25) is 0 Å². The Kier molecular flexibility index (Phi) is 9.74. The summed E-state index contributed by atoms with van der Waals surface area (Å²) in [5.74, 6) is -1.79. The first-order valence-electron chi connectivity index (χ1n) is 15.8. The van der Waals surface area contributed by atoms with E-state index >= 15 is 0 Å². The van der Waals surface area contributed by atoms with Gasteiger partial charge in [-0.15, -0.1) is 0 Å². The molecule has 0 radical (unpaired) electrons. The van der Waals surface area contributed by atoms with E-state index in [1.54, 1.807) is 13.8 Å². The average Bonchev–Trinajstić information content (AvgIpc) is 3.09. The molecule has 0 fully saturated rings. The van der Waals surface area contributed by atoms with E-state index in [-0.39, 0.29) is 43.8 Å². The highest BCUT2D eigenvalue weighted by Crippen LogP contribution is 2.33. The maximum absolute atomic E-state index is 13.0. The fraction of sp³-hybridized carbons (Fsp3) is 0.0541. The van der Waals surface area contributed by atoms with Gasteiger partial charge in [0.15, 0.2) is 0 Å². The number of phenols is 2. The summed E-state index contributed by atoms with van der Waals surface area (Å²) in [4.78, 5) is 38.3. The standard InChI is InChI=1S/C37H30N4O11S2/c1-19-11-23(35(44)38-31-15-21-3-7-27(53(47,48)49)13-25(21)17-33(31)42)5-9-29(19)40-37(46)41-30-10-6-24(12-20(30)2)36(45)39-32-16-22-4-8-28(54(50,51)52)14-26(22)18-34(32)43/h3-18,42-43H,1-2H3,(H,38,44)(H,39,45)(H2,40,41,46)(H,47,48,49)(H,50,51,52). The summed E-state index contributed by atoms with van der Waals surface area (Å²) < 4.78 is 64.4. The Bertz CT molecular complexity index is 2600. The maximum Gasteiger partial charge on any atom is 0.323 e. The van der Waals surface area contributed by atoms with Crippen LogP contribution in [0.25, 0.3) is 21.5 Å². The topological polar surface area (TPSA) is 249 Å². The summed E-state index contributed by atoms with van der Waals surface area (Å²) in [5, 5.41) is 33.2. The summed E-state index contributed by atoms with van der Waals surface area (Å²) in [5.41, 5.74) is 2.43. The predicted molar refractivity (Wildman–Crippen MR) is 202 cm³/mol. The van der Waals surface area contributed by atoms with Crippen molar-refractivity contribution in [1.29, 1.82) is 0 Å². The molecule has 0 atom stereocenters. The molecule has 0 aliphatic rings. The number of urea groups is 1. The second-order valence-electron chi connectivity index (χ2n) is 12.3. The van der Waals surface area contributed by atoms with Crippen LogP contribution in [0, 0.1) is 13.8 Å². The number of hydrogen-bond donors (Lipinski definition) is 8. The summed E-state index contributed by atoms with van der Waals surface area (Å²) in [6.07, 6.45) is 0. The van der Waals surface area contributed by atoms with E-state index in [9.17, 15) is 50.5 Å². The van der Waals surface area contributed by atoms with Gasteiger partial charge >= 0.3 is 6.03 Å². The molecular weight excluding hydrogens is 741 g/mol. The van der Waals surface area contributed by atoms with E-state index in [4.69, 9.17) is 0 Å². The minimum absolute atomic E-state index is 0.0659. The van der Waals surface area contributed by atoms with E-state index in [1.807, 2.05) is 0 Å². The summed E-state index contributed by atoms with van der Waals surface area (Å²) in [6.45, 7) is 3.35. The number of amides is 4. The number of aryl methyl sites for hydroxylation is 2. The second-order valence-corrected chi connectivity index (χ2v) is 15.1. The Morgan fingerprint density at radius 1 is 0.463 bits per heavy atom. The second kappa shape index (κ2) is 14.1. The van der Waals surface area contributed by atoms with Crippen molar-refractivity contribution in [2.75, 3.05) is 21.3 Å². The molecule has 0 saturated heterocycles. The maximum atomic E-state index is 13.0. The molecule has 0 aliphatic carbocycles. The number of hydrogen-bond acceptors (Lipinski definition) is 9. The van der Waals surface area contributed by atoms with Crippen LogP contribution in [-0.4, -0.2) is 54.0 Å². The van der Waals surface area contributed by atoms with Gasteiger partial charge in [0, 0.05) is 22.5 Å². The Morgan fingerprint density at radius 3 is 1.20 bits per heavy atom. The molecule has 6 aromatic carbocycles. The van der Waals surface area contributed by atoms with Gasteiger partial charge in [-0.1, -0.05) is 12.1 Å². The molecule has 4 amide bonds. The van der Waals surface area contributed by atoms with Crippen LogP contribution in [-0.2, 0) is 20.2 Å². The normalized spacial score (nSPS) is 11.6. The third-order valence-electron chi connectivity index (χ3n) is 8.42. The molecule has 6 rings (SSSR count). The Hall–Kier alpha value is -6.53. The van der Waals surface area contributed by atoms with E-state index < -0.39 is 38.1 Å². The van der Waals surface area contributed by atoms with Crippen molar-refractivity contribution in [3.05, 3.63) is 119 Å². The van der Waals surface area contributed by atoms with Crippen LogP contribution in [0.3, 0.4) is 0 Å².